The zero-order chi connectivity index (χ0) is 13.4. The number of nitrogens with one attached hydrogen (secondary N) is 1. The van der Waals surface area contributed by atoms with E-state index in [1.165, 1.54) is 31.4 Å². The topological polar surface area (TPSA) is 29.9 Å². The summed E-state index contributed by atoms with van der Waals surface area (Å²) in [5, 5.41) is 7.76. The van der Waals surface area contributed by atoms with Crippen LogP contribution >= 0.6 is 0 Å². The van der Waals surface area contributed by atoms with E-state index in [1.54, 1.807) is 0 Å². The van der Waals surface area contributed by atoms with Crippen molar-refractivity contribution in [2.45, 2.75) is 52.9 Å². The molecule has 1 rings (SSSR count). The van der Waals surface area contributed by atoms with Crippen LogP contribution in [-0.2, 0) is 13.5 Å². The molecular weight excluding hydrogens is 222 g/mol. The van der Waals surface area contributed by atoms with Crippen molar-refractivity contribution >= 4 is 0 Å². The minimum atomic E-state index is 0.418. The van der Waals surface area contributed by atoms with Crippen LogP contribution in [0.25, 0.3) is 0 Å². The maximum Gasteiger partial charge on any atom is 0.0492 e. The third-order valence-electron chi connectivity index (χ3n) is 3.54. The van der Waals surface area contributed by atoms with Gasteiger partial charge in [0.25, 0.3) is 0 Å². The first kappa shape index (κ1) is 15.2. The molecule has 3 nitrogen and oxygen atoms in total. The Hall–Kier alpha value is -0.830. The Morgan fingerprint density at radius 2 is 2.11 bits per heavy atom. The van der Waals surface area contributed by atoms with Gasteiger partial charge in [-0.15, -0.1) is 0 Å². The first-order valence-corrected chi connectivity index (χ1v) is 7.23. The molecule has 0 bridgehead atoms. The summed E-state index contributed by atoms with van der Waals surface area (Å²) in [6, 6.07) is 2.09. The fourth-order valence-electron chi connectivity index (χ4n) is 2.23. The second kappa shape index (κ2) is 7.57. The molecule has 0 saturated heterocycles. The molecule has 1 N–H and O–H groups in total. The van der Waals surface area contributed by atoms with Gasteiger partial charge in [0.05, 0.1) is 0 Å². The summed E-state index contributed by atoms with van der Waals surface area (Å²) in [6.45, 7) is 9.13. The molecule has 0 radical (unpaired) electrons. The Labute approximate surface area is 112 Å². The van der Waals surface area contributed by atoms with Crippen LogP contribution in [0.5, 0.6) is 0 Å². The quantitative estimate of drug-likeness (QED) is 0.683. The number of unbranched alkanes of at least 4 members (excludes halogenated alkanes) is 2. The van der Waals surface area contributed by atoms with E-state index >= 15 is 0 Å². The third-order valence-corrected chi connectivity index (χ3v) is 3.54. The lowest BCUT2D eigenvalue weighted by Gasteiger charge is -2.25. The van der Waals surface area contributed by atoms with E-state index in [-0.39, 0.29) is 0 Å². The predicted molar refractivity (Wildman–Crippen MR) is 77.7 cm³/mol. The number of rotatable bonds is 9. The molecule has 1 aromatic heterocycles. The zero-order valence-corrected chi connectivity index (χ0v) is 12.5. The molecule has 1 aromatic rings. The highest BCUT2D eigenvalue weighted by molar-refractivity contribution is 5.00. The van der Waals surface area contributed by atoms with Crippen molar-refractivity contribution in [2.24, 2.45) is 12.5 Å². The normalized spacial score (nSPS) is 12.0. The van der Waals surface area contributed by atoms with Gasteiger partial charge in [-0.3, -0.25) is 4.68 Å². The van der Waals surface area contributed by atoms with Gasteiger partial charge in [0.15, 0.2) is 0 Å². The molecule has 0 aromatic carbocycles. The van der Waals surface area contributed by atoms with Crippen LogP contribution in [0.4, 0.5) is 0 Å². The molecule has 104 valence electrons. The minimum Gasteiger partial charge on any atom is -0.316 e. The van der Waals surface area contributed by atoms with E-state index in [9.17, 15) is 0 Å². The first-order chi connectivity index (χ1) is 8.55. The van der Waals surface area contributed by atoms with Gasteiger partial charge in [-0.2, -0.15) is 5.10 Å². The Balaban J connectivity index is 2.14. The van der Waals surface area contributed by atoms with Gasteiger partial charge < -0.3 is 5.32 Å². The molecule has 0 fully saturated rings. The summed E-state index contributed by atoms with van der Waals surface area (Å²) in [5.41, 5.74) is 1.72. The van der Waals surface area contributed by atoms with Crippen molar-refractivity contribution < 1.29 is 0 Å². The monoisotopic (exact) mass is 251 g/mol. The maximum atomic E-state index is 4.18. The van der Waals surface area contributed by atoms with Gasteiger partial charge in [-0.05, 0) is 17.9 Å². The van der Waals surface area contributed by atoms with Crippen molar-refractivity contribution in [3.63, 3.8) is 0 Å². The summed E-state index contributed by atoms with van der Waals surface area (Å²) in [4.78, 5) is 0. The minimum absolute atomic E-state index is 0.418. The summed E-state index contributed by atoms with van der Waals surface area (Å²) < 4.78 is 1.95. The van der Waals surface area contributed by atoms with Gasteiger partial charge in [0.1, 0.15) is 0 Å². The number of hydrogen-bond donors (Lipinski definition) is 1. The molecule has 0 saturated carbocycles. The van der Waals surface area contributed by atoms with Gasteiger partial charge in [0.2, 0.25) is 0 Å². The number of aryl methyl sites for hydroxylation is 1. The van der Waals surface area contributed by atoms with Crippen LogP contribution in [0.3, 0.4) is 0 Å². The average Bonchev–Trinajstić information content (AvgIpc) is 2.71. The number of nitrogens with zero attached hydrogens (tertiary/aromatic N) is 2. The molecule has 1 heterocycles. The molecule has 3 heteroatoms. The second-order valence-corrected chi connectivity index (χ2v) is 5.99. The zero-order valence-electron chi connectivity index (χ0n) is 12.5. The summed E-state index contributed by atoms with van der Waals surface area (Å²) in [7, 11) is 2.00. The van der Waals surface area contributed by atoms with Crippen molar-refractivity contribution in [2.75, 3.05) is 13.1 Å². The lowest BCUT2D eigenvalue weighted by atomic mass is 9.87. The molecule has 0 unspecified atom stereocenters. The van der Waals surface area contributed by atoms with Crippen LogP contribution in [0.15, 0.2) is 12.3 Å². The fraction of sp³-hybridized carbons (Fsp3) is 0.800. The van der Waals surface area contributed by atoms with Crippen molar-refractivity contribution in [3.05, 3.63) is 18.0 Å². The highest BCUT2D eigenvalue weighted by atomic mass is 15.3. The van der Waals surface area contributed by atoms with E-state index in [1.807, 2.05) is 17.9 Å². The van der Waals surface area contributed by atoms with Crippen molar-refractivity contribution in [3.8, 4) is 0 Å². The molecule has 18 heavy (non-hydrogen) atoms. The van der Waals surface area contributed by atoms with Crippen LogP contribution in [0.1, 0.15) is 52.1 Å². The SMILES string of the molecule is CCCCCC(C)(C)CNCCc1ccnn1C. The second-order valence-electron chi connectivity index (χ2n) is 5.99. The van der Waals surface area contributed by atoms with Crippen LogP contribution in [0.2, 0.25) is 0 Å². The van der Waals surface area contributed by atoms with E-state index in [0.717, 1.165) is 19.5 Å². The van der Waals surface area contributed by atoms with Gasteiger partial charge in [-0.25, -0.2) is 0 Å². The van der Waals surface area contributed by atoms with E-state index < -0.39 is 0 Å². The maximum absolute atomic E-state index is 4.18. The van der Waals surface area contributed by atoms with E-state index in [2.05, 4.69) is 37.3 Å². The van der Waals surface area contributed by atoms with Gasteiger partial charge in [-0.1, -0.05) is 40.0 Å². The van der Waals surface area contributed by atoms with Crippen molar-refractivity contribution in [1.29, 1.82) is 0 Å². The largest absolute Gasteiger partial charge is 0.316 e. The average molecular weight is 251 g/mol. The van der Waals surface area contributed by atoms with Crippen LogP contribution < -0.4 is 5.32 Å². The highest BCUT2D eigenvalue weighted by Gasteiger charge is 2.16. The molecule has 0 aliphatic carbocycles. The third kappa shape index (κ3) is 5.67. The molecule has 0 atom stereocenters. The smallest absolute Gasteiger partial charge is 0.0492 e. The first-order valence-electron chi connectivity index (χ1n) is 7.23. The van der Waals surface area contributed by atoms with E-state index in [0.29, 0.717) is 5.41 Å². The lowest BCUT2D eigenvalue weighted by Crippen LogP contribution is -2.31. The van der Waals surface area contributed by atoms with Crippen LogP contribution in [-0.4, -0.2) is 22.9 Å². The highest BCUT2D eigenvalue weighted by Crippen LogP contribution is 2.22. The Bertz CT molecular complexity index is 328. The predicted octanol–water partition coefficient (Wildman–Crippen LogP) is 3.16. The molecule has 0 aliphatic rings. The van der Waals surface area contributed by atoms with Crippen molar-refractivity contribution in [1.82, 2.24) is 15.1 Å². The Morgan fingerprint density at radius 3 is 2.72 bits per heavy atom. The molecule has 0 spiro atoms. The number of aromatic nitrogens is 2. The molecule has 0 amide bonds. The Morgan fingerprint density at radius 1 is 1.33 bits per heavy atom. The fourth-order valence-corrected chi connectivity index (χ4v) is 2.23. The molecular formula is C15H29N3. The van der Waals surface area contributed by atoms with Crippen LogP contribution in [0, 0.1) is 5.41 Å². The van der Waals surface area contributed by atoms with Gasteiger partial charge in [0, 0.05) is 38.4 Å². The van der Waals surface area contributed by atoms with E-state index in [4.69, 9.17) is 0 Å². The summed E-state index contributed by atoms with van der Waals surface area (Å²) >= 11 is 0. The molecule has 0 aliphatic heterocycles. The summed E-state index contributed by atoms with van der Waals surface area (Å²) in [6.07, 6.45) is 8.26. The Kier molecular flexibility index (Phi) is 6.41. The number of hydrogen-bond acceptors (Lipinski definition) is 2. The summed E-state index contributed by atoms with van der Waals surface area (Å²) in [5.74, 6) is 0. The standard InChI is InChI=1S/C15H29N3/c1-5-6-7-10-15(2,3)13-16-11-8-14-9-12-17-18(14)4/h9,12,16H,5-8,10-11,13H2,1-4H3. The van der Waals surface area contributed by atoms with Gasteiger partial charge >= 0.3 is 0 Å². The lowest BCUT2D eigenvalue weighted by molar-refractivity contribution is 0.303.